The lowest BCUT2D eigenvalue weighted by molar-refractivity contribution is -0.170. The van der Waals surface area contributed by atoms with E-state index >= 15 is 0 Å². The molecule has 1 aliphatic rings. The van der Waals surface area contributed by atoms with Gasteiger partial charge in [0.2, 0.25) is 0 Å². The average Bonchev–Trinajstić information content (AvgIpc) is 2.80. The molecule has 0 N–H and O–H groups in total. The van der Waals surface area contributed by atoms with Crippen molar-refractivity contribution in [3.8, 4) is 0 Å². The van der Waals surface area contributed by atoms with Crippen molar-refractivity contribution in [2.75, 3.05) is 0 Å². The van der Waals surface area contributed by atoms with E-state index in [1.807, 2.05) is 48.6 Å². The van der Waals surface area contributed by atoms with Gasteiger partial charge in [0, 0.05) is 5.92 Å². The Morgan fingerprint density at radius 3 is 2.18 bits per heavy atom. The number of benzene rings is 2. The Morgan fingerprint density at radius 2 is 1.58 bits per heavy atom. The molecule has 0 aromatic heterocycles. The van der Waals surface area contributed by atoms with Gasteiger partial charge < -0.3 is 4.74 Å². The molecular weight excluding hydrogens is 408 g/mol. The lowest BCUT2D eigenvalue weighted by Gasteiger charge is -2.44. The fourth-order valence-electron chi connectivity index (χ4n) is 5.00. The van der Waals surface area contributed by atoms with Gasteiger partial charge in [0.1, 0.15) is 17.3 Å². The summed E-state index contributed by atoms with van der Waals surface area (Å²) >= 11 is 0. The summed E-state index contributed by atoms with van der Waals surface area (Å²) in [4.78, 5) is 26.1. The summed E-state index contributed by atoms with van der Waals surface area (Å²) in [5, 5.41) is 0. The highest BCUT2D eigenvalue weighted by Gasteiger charge is 2.45. The Morgan fingerprint density at radius 1 is 0.970 bits per heavy atom. The number of carbonyl (C=O) groups excluding carboxylic acids is 2. The largest absolute Gasteiger partial charge is 0.461 e. The van der Waals surface area contributed by atoms with Gasteiger partial charge in [-0.25, -0.2) is 0 Å². The second-order valence-electron chi connectivity index (χ2n) is 10.5. The Labute approximate surface area is 199 Å². The van der Waals surface area contributed by atoms with Gasteiger partial charge in [-0.2, -0.15) is 0 Å². The van der Waals surface area contributed by atoms with Gasteiger partial charge >= 0.3 is 5.97 Å². The predicted molar refractivity (Wildman–Crippen MR) is 135 cm³/mol. The molecule has 1 saturated carbocycles. The van der Waals surface area contributed by atoms with Gasteiger partial charge in [-0.1, -0.05) is 100 Å². The third kappa shape index (κ3) is 5.82. The third-order valence-corrected chi connectivity index (χ3v) is 7.62. The standard InChI is InChI=1S/C30H38O3/c1-22-18-19-26(29(3,4)25-16-10-7-11-17-25)27(21-22)33-28(32)30(5,23(2)31)20-12-15-24-13-8-6-9-14-24/h6-17,22,26-27H,18-21H2,1-5H3/b15-12+/t22-,26-,27-,30-/m1/s1. The maximum absolute atomic E-state index is 13.5. The first-order chi connectivity index (χ1) is 15.6. The van der Waals surface area contributed by atoms with Crippen molar-refractivity contribution in [2.24, 2.45) is 17.3 Å². The van der Waals surface area contributed by atoms with E-state index in [2.05, 4.69) is 45.0 Å². The van der Waals surface area contributed by atoms with E-state index in [4.69, 9.17) is 4.74 Å². The fraction of sp³-hybridized carbons (Fsp3) is 0.467. The molecule has 1 aliphatic carbocycles. The summed E-state index contributed by atoms with van der Waals surface area (Å²) in [7, 11) is 0. The number of esters is 1. The first-order valence-corrected chi connectivity index (χ1v) is 12.1. The molecule has 0 amide bonds. The molecule has 0 saturated heterocycles. The number of ketones is 1. The van der Waals surface area contributed by atoms with E-state index in [9.17, 15) is 9.59 Å². The number of allylic oxidation sites excluding steroid dienone is 1. The molecule has 0 aliphatic heterocycles. The van der Waals surface area contributed by atoms with Crippen molar-refractivity contribution in [3.05, 3.63) is 77.9 Å². The van der Waals surface area contributed by atoms with Crippen LogP contribution in [0.1, 0.15) is 71.4 Å². The van der Waals surface area contributed by atoms with E-state index in [0.29, 0.717) is 12.3 Å². The SMILES string of the molecule is CC(=O)[C@@](C)(C/C=C/c1ccccc1)C(=O)O[C@@H]1C[C@H](C)CC[C@H]1C(C)(C)c1ccccc1. The second kappa shape index (κ2) is 10.5. The fourth-order valence-corrected chi connectivity index (χ4v) is 5.00. The predicted octanol–water partition coefficient (Wildman–Crippen LogP) is 7.01. The molecule has 2 aromatic rings. The lowest BCUT2D eigenvalue weighted by atomic mass is 9.64. The summed E-state index contributed by atoms with van der Waals surface area (Å²) in [5.74, 6) is 0.136. The van der Waals surface area contributed by atoms with Crippen LogP contribution in [0.15, 0.2) is 66.7 Å². The smallest absolute Gasteiger partial charge is 0.319 e. The Bertz CT molecular complexity index is 961. The molecule has 3 rings (SSSR count). The van der Waals surface area contributed by atoms with E-state index in [-0.39, 0.29) is 23.2 Å². The minimum absolute atomic E-state index is 0.133. The highest BCUT2D eigenvalue weighted by atomic mass is 16.5. The summed E-state index contributed by atoms with van der Waals surface area (Å²) in [6.45, 7) is 9.93. The maximum atomic E-state index is 13.5. The van der Waals surface area contributed by atoms with Crippen LogP contribution in [0.3, 0.4) is 0 Å². The van der Waals surface area contributed by atoms with Crippen molar-refractivity contribution in [1.82, 2.24) is 0 Å². The maximum Gasteiger partial charge on any atom is 0.319 e. The molecule has 176 valence electrons. The molecule has 0 bridgehead atoms. The molecular formula is C30H38O3. The first-order valence-electron chi connectivity index (χ1n) is 12.1. The third-order valence-electron chi connectivity index (χ3n) is 7.62. The van der Waals surface area contributed by atoms with Crippen LogP contribution in [0.2, 0.25) is 0 Å². The quantitative estimate of drug-likeness (QED) is 0.323. The normalized spacial score (nSPS) is 23.1. The molecule has 1 fully saturated rings. The Balaban J connectivity index is 1.80. The molecule has 4 atom stereocenters. The zero-order valence-electron chi connectivity index (χ0n) is 20.7. The number of hydrogen-bond donors (Lipinski definition) is 0. The summed E-state index contributed by atoms with van der Waals surface area (Å²) in [6, 6.07) is 20.4. The molecule has 2 aromatic carbocycles. The zero-order chi connectivity index (χ0) is 24.1. The Hall–Kier alpha value is -2.68. The molecule has 3 heteroatoms. The second-order valence-corrected chi connectivity index (χ2v) is 10.5. The molecule has 0 radical (unpaired) electrons. The summed E-state index contributed by atoms with van der Waals surface area (Å²) < 4.78 is 6.22. The average molecular weight is 447 g/mol. The van der Waals surface area contributed by atoms with Crippen LogP contribution in [-0.4, -0.2) is 17.9 Å². The van der Waals surface area contributed by atoms with Crippen LogP contribution in [0.4, 0.5) is 0 Å². The van der Waals surface area contributed by atoms with Gasteiger partial charge in [0.05, 0.1) is 0 Å². The van der Waals surface area contributed by atoms with Crippen LogP contribution in [0.25, 0.3) is 6.08 Å². The minimum atomic E-state index is -1.19. The van der Waals surface area contributed by atoms with Crippen LogP contribution >= 0.6 is 0 Å². The molecule has 0 spiro atoms. The summed E-state index contributed by atoms with van der Waals surface area (Å²) in [5.41, 5.74) is 0.979. The van der Waals surface area contributed by atoms with Crippen LogP contribution < -0.4 is 0 Å². The number of rotatable bonds is 8. The zero-order valence-corrected chi connectivity index (χ0v) is 20.7. The lowest BCUT2D eigenvalue weighted by Crippen LogP contribution is -2.46. The molecule has 0 unspecified atom stereocenters. The molecule has 0 heterocycles. The van der Waals surface area contributed by atoms with E-state index < -0.39 is 11.4 Å². The van der Waals surface area contributed by atoms with E-state index in [1.165, 1.54) is 12.5 Å². The van der Waals surface area contributed by atoms with Crippen molar-refractivity contribution in [2.45, 2.75) is 71.8 Å². The van der Waals surface area contributed by atoms with Gasteiger partial charge in [-0.05, 0) is 55.6 Å². The molecule has 3 nitrogen and oxygen atoms in total. The molecule has 33 heavy (non-hydrogen) atoms. The highest BCUT2D eigenvalue weighted by molar-refractivity contribution is 6.02. The van der Waals surface area contributed by atoms with Gasteiger partial charge in [-0.15, -0.1) is 0 Å². The Kier molecular flexibility index (Phi) is 7.94. The van der Waals surface area contributed by atoms with Crippen molar-refractivity contribution in [1.29, 1.82) is 0 Å². The number of ether oxygens (including phenoxy) is 1. The minimum Gasteiger partial charge on any atom is -0.461 e. The summed E-state index contributed by atoms with van der Waals surface area (Å²) in [6.07, 6.45) is 6.95. The first kappa shape index (κ1) is 25.0. The highest BCUT2D eigenvalue weighted by Crippen LogP contribution is 2.44. The topological polar surface area (TPSA) is 43.4 Å². The van der Waals surface area contributed by atoms with Crippen molar-refractivity contribution in [3.63, 3.8) is 0 Å². The number of carbonyl (C=O) groups is 2. The van der Waals surface area contributed by atoms with Crippen molar-refractivity contribution >= 4 is 17.8 Å². The van der Waals surface area contributed by atoms with Crippen LogP contribution in [0, 0.1) is 17.3 Å². The van der Waals surface area contributed by atoms with Gasteiger partial charge in [0.25, 0.3) is 0 Å². The van der Waals surface area contributed by atoms with Crippen molar-refractivity contribution < 1.29 is 14.3 Å². The van der Waals surface area contributed by atoms with Gasteiger partial charge in [0.15, 0.2) is 0 Å². The van der Waals surface area contributed by atoms with E-state index in [0.717, 1.165) is 24.8 Å². The number of Topliss-reactive ketones (excluding diaryl/α,β-unsaturated/α-hetero) is 1. The van der Waals surface area contributed by atoms with Crippen LogP contribution in [0.5, 0.6) is 0 Å². The van der Waals surface area contributed by atoms with Gasteiger partial charge in [-0.3, -0.25) is 9.59 Å². The monoisotopic (exact) mass is 446 g/mol. The van der Waals surface area contributed by atoms with Crippen LogP contribution in [-0.2, 0) is 19.7 Å². The van der Waals surface area contributed by atoms with E-state index in [1.54, 1.807) is 6.92 Å². The number of hydrogen-bond acceptors (Lipinski definition) is 3.